The second-order valence-electron chi connectivity index (χ2n) is 9.46. The molecule has 0 bridgehead atoms. The summed E-state index contributed by atoms with van der Waals surface area (Å²) in [5.74, 6) is -1.58. The van der Waals surface area contributed by atoms with Crippen LogP contribution in [0.4, 0.5) is 15.8 Å². The van der Waals surface area contributed by atoms with Gasteiger partial charge in [0.25, 0.3) is 11.8 Å². The molecule has 3 amide bonds. The van der Waals surface area contributed by atoms with Crippen LogP contribution >= 0.6 is 0 Å². The Balaban J connectivity index is 1.49. The van der Waals surface area contributed by atoms with Crippen molar-refractivity contribution < 1.29 is 23.5 Å². The van der Waals surface area contributed by atoms with Gasteiger partial charge in [0.2, 0.25) is 5.91 Å². The molecule has 192 valence electrons. The Morgan fingerprint density at radius 3 is 2.27 bits per heavy atom. The molecule has 3 aromatic rings. The molecule has 0 saturated carbocycles. The van der Waals surface area contributed by atoms with Crippen LogP contribution in [0, 0.1) is 5.82 Å². The van der Waals surface area contributed by atoms with E-state index in [1.165, 1.54) is 16.8 Å². The van der Waals surface area contributed by atoms with Crippen molar-refractivity contribution >= 4 is 29.1 Å². The fraction of sp³-hybridized carbons (Fsp3) is 0.333. The Kier molecular flexibility index (Phi) is 6.41. The number of anilines is 2. The summed E-state index contributed by atoms with van der Waals surface area (Å²) in [5.41, 5.74) is 7.85. The highest BCUT2D eigenvalue weighted by Gasteiger charge is 2.35. The first-order valence-electron chi connectivity index (χ1n) is 12.3. The summed E-state index contributed by atoms with van der Waals surface area (Å²) >= 11 is 0. The van der Waals surface area contributed by atoms with Gasteiger partial charge in [-0.25, -0.2) is 9.07 Å². The molecule has 0 spiro atoms. The number of benzene rings is 2. The highest BCUT2D eigenvalue weighted by molar-refractivity contribution is 6.09. The third-order valence-electron chi connectivity index (χ3n) is 6.57. The van der Waals surface area contributed by atoms with Gasteiger partial charge in [-0.2, -0.15) is 5.10 Å². The third kappa shape index (κ3) is 4.54. The average molecular weight is 506 g/mol. The van der Waals surface area contributed by atoms with Crippen LogP contribution in [0.2, 0.25) is 0 Å². The fourth-order valence-electron chi connectivity index (χ4n) is 4.85. The number of carbonyl (C=O) groups is 3. The normalized spacial score (nSPS) is 15.8. The number of nitrogens with zero attached hydrogens (tertiary/aromatic N) is 4. The summed E-state index contributed by atoms with van der Waals surface area (Å²) in [6.07, 6.45) is 2.53. The van der Waals surface area contributed by atoms with E-state index < -0.39 is 11.7 Å². The van der Waals surface area contributed by atoms with E-state index in [9.17, 15) is 18.8 Å². The number of primary amides is 1. The fourth-order valence-corrected chi connectivity index (χ4v) is 4.85. The summed E-state index contributed by atoms with van der Waals surface area (Å²) in [7, 11) is 0. The van der Waals surface area contributed by atoms with E-state index in [1.54, 1.807) is 41.8 Å². The van der Waals surface area contributed by atoms with Crippen molar-refractivity contribution in [2.75, 3.05) is 22.9 Å². The lowest BCUT2D eigenvalue weighted by Crippen LogP contribution is -2.39. The van der Waals surface area contributed by atoms with Crippen molar-refractivity contribution in [1.29, 1.82) is 0 Å². The second kappa shape index (κ2) is 9.68. The van der Waals surface area contributed by atoms with Crippen LogP contribution < -0.4 is 20.3 Å². The zero-order valence-electron chi connectivity index (χ0n) is 20.7. The molecule has 2 aliphatic rings. The number of halogens is 1. The smallest absolute Gasteiger partial charge is 0.277 e. The van der Waals surface area contributed by atoms with Gasteiger partial charge in [-0.1, -0.05) is 0 Å². The quantitative estimate of drug-likeness (QED) is 0.550. The van der Waals surface area contributed by atoms with E-state index >= 15 is 0 Å². The molecular formula is C27H28FN5O4. The van der Waals surface area contributed by atoms with Gasteiger partial charge in [0, 0.05) is 42.5 Å². The topological polar surface area (TPSA) is 111 Å². The zero-order valence-corrected chi connectivity index (χ0v) is 20.7. The van der Waals surface area contributed by atoms with E-state index in [0.29, 0.717) is 37.2 Å². The molecule has 2 aromatic carbocycles. The minimum absolute atomic E-state index is 0.00938. The first kappa shape index (κ1) is 24.5. The number of hydrogen-bond acceptors (Lipinski definition) is 5. The maximum Gasteiger partial charge on any atom is 0.277 e. The first-order valence-corrected chi connectivity index (χ1v) is 12.3. The molecule has 9 nitrogen and oxygen atoms in total. The van der Waals surface area contributed by atoms with Crippen LogP contribution in [0.15, 0.2) is 42.5 Å². The van der Waals surface area contributed by atoms with Gasteiger partial charge in [-0.15, -0.1) is 0 Å². The SMILES string of the molecule is CC(C)Oc1ccc(-n2nc(C(N)=O)c3c2C(=O)N(c2ccc(N4CCCCC4=O)cc2)CC3)cc1F. The van der Waals surface area contributed by atoms with Crippen LogP contribution in [0.25, 0.3) is 5.69 Å². The maximum absolute atomic E-state index is 14.8. The lowest BCUT2D eigenvalue weighted by Gasteiger charge is -2.29. The van der Waals surface area contributed by atoms with Crippen molar-refractivity contribution in [3.63, 3.8) is 0 Å². The van der Waals surface area contributed by atoms with Crippen LogP contribution in [0.3, 0.4) is 0 Å². The zero-order chi connectivity index (χ0) is 26.3. The number of carbonyl (C=O) groups excluding carboxylic acids is 3. The molecule has 2 aliphatic heterocycles. The molecule has 5 rings (SSSR count). The van der Waals surface area contributed by atoms with Gasteiger partial charge in [0.1, 0.15) is 5.69 Å². The lowest BCUT2D eigenvalue weighted by molar-refractivity contribution is -0.119. The van der Waals surface area contributed by atoms with Gasteiger partial charge < -0.3 is 20.3 Å². The molecule has 10 heteroatoms. The number of amides is 3. The highest BCUT2D eigenvalue weighted by Crippen LogP contribution is 2.31. The standard InChI is InChI=1S/C27H28FN5O4/c1-16(2)37-22-11-10-19(15-21(22)28)33-25-20(24(30-33)26(29)35)12-14-32(27(25)36)18-8-6-17(7-9-18)31-13-4-3-5-23(31)34/h6-11,15-16H,3-5,12-14H2,1-2H3,(H2,29,35). The lowest BCUT2D eigenvalue weighted by atomic mass is 10.0. The number of ether oxygens (including phenoxy) is 1. The Bertz CT molecular complexity index is 1380. The molecule has 1 saturated heterocycles. The summed E-state index contributed by atoms with van der Waals surface area (Å²) in [6.45, 7) is 4.58. The number of rotatable bonds is 6. The molecule has 2 N–H and O–H groups in total. The largest absolute Gasteiger partial charge is 0.488 e. The molecule has 0 aliphatic carbocycles. The molecule has 1 fully saturated rings. The van der Waals surface area contributed by atoms with Crippen molar-refractivity contribution in [2.45, 2.75) is 45.6 Å². The van der Waals surface area contributed by atoms with Gasteiger partial charge in [0.05, 0.1) is 11.8 Å². The molecule has 0 radical (unpaired) electrons. The molecular weight excluding hydrogens is 477 g/mol. The van der Waals surface area contributed by atoms with Crippen LogP contribution in [0.5, 0.6) is 5.75 Å². The van der Waals surface area contributed by atoms with Crippen LogP contribution in [-0.4, -0.2) is 46.7 Å². The molecule has 37 heavy (non-hydrogen) atoms. The number of nitrogens with two attached hydrogens (primary N) is 1. The van der Waals surface area contributed by atoms with E-state index in [1.807, 2.05) is 12.1 Å². The number of fused-ring (bicyclic) bond motifs is 1. The average Bonchev–Trinajstić information content (AvgIpc) is 3.27. The molecule has 0 atom stereocenters. The minimum Gasteiger partial charge on any atom is -0.488 e. The van der Waals surface area contributed by atoms with E-state index in [0.717, 1.165) is 18.5 Å². The maximum atomic E-state index is 14.8. The Morgan fingerprint density at radius 1 is 0.973 bits per heavy atom. The molecule has 1 aromatic heterocycles. The van der Waals surface area contributed by atoms with Gasteiger partial charge in [-0.05, 0) is 69.5 Å². The number of piperidine rings is 1. The van der Waals surface area contributed by atoms with Crippen LogP contribution in [0.1, 0.15) is 59.7 Å². The first-order chi connectivity index (χ1) is 17.7. The van der Waals surface area contributed by atoms with Crippen molar-refractivity contribution in [2.24, 2.45) is 5.73 Å². The Hall–Kier alpha value is -4.21. The van der Waals surface area contributed by atoms with Crippen molar-refractivity contribution in [1.82, 2.24) is 9.78 Å². The number of aromatic nitrogens is 2. The predicted molar refractivity (Wildman–Crippen MR) is 136 cm³/mol. The summed E-state index contributed by atoms with van der Waals surface area (Å²) in [6, 6.07) is 11.5. The van der Waals surface area contributed by atoms with Crippen LogP contribution in [-0.2, 0) is 11.2 Å². The highest BCUT2D eigenvalue weighted by atomic mass is 19.1. The van der Waals surface area contributed by atoms with E-state index in [2.05, 4.69) is 5.10 Å². The van der Waals surface area contributed by atoms with Gasteiger partial charge >= 0.3 is 0 Å². The Labute approximate surface area is 213 Å². The molecule has 3 heterocycles. The summed E-state index contributed by atoms with van der Waals surface area (Å²) in [5, 5.41) is 4.30. The third-order valence-corrected chi connectivity index (χ3v) is 6.57. The van der Waals surface area contributed by atoms with Gasteiger partial charge in [-0.3, -0.25) is 14.4 Å². The van der Waals surface area contributed by atoms with E-state index in [4.69, 9.17) is 10.5 Å². The van der Waals surface area contributed by atoms with Gasteiger partial charge in [0.15, 0.2) is 17.3 Å². The monoisotopic (exact) mass is 505 g/mol. The van der Waals surface area contributed by atoms with E-state index in [-0.39, 0.29) is 40.7 Å². The van der Waals surface area contributed by atoms with Crippen molar-refractivity contribution in [3.05, 3.63) is 65.2 Å². The Morgan fingerprint density at radius 2 is 1.65 bits per heavy atom. The predicted octanol–water partition coefficient (Wildman–Crippen LogP) is 3.62. The summed E-state index contributed by atoms with van der Waals surface area (Å²) in [4.78, 5) is 41.5. The summed E-state index contributed by atoms with van der Waals surface area (Å²) < 4.78 is 21.5. The van der Waals surface area contributed by atoms with Crippen molar-refractivity contribution in [3.8, 4) is 11.4 Å². The molecule has 0 unspecified atom stereocenters. The second-order valence-corrected chi connectivity index (χ2v) is 9.46. The minimum atomic E-state index is -0.757. The number of hydrogen-bond donors (Lipinski definition) is 1.